The minimum absolute atomic E-state index is 0.00825. The summed E-state index contributed by atoms with van der Waals surface area (Å²) in [6.45, 7) is 3.81. The van der Waals surface area contributed by atoms with E-state index in [0.717, 1.165) is 12.8 Å². The SMILES string of the molecule is CCCC(C)NC(=O)CSCC(O)CO. The number of hydrogen-bond donors (Lipinski definition) is 3. The van der Waals surface area contributed by atoms with Crippen molar-refractivity contribution in [3.63, 3.8) is 0 Å². The minimum Gasteiger partial charge on any atom is -0.394 e. The van der Waals surface area contributed by atoms with Gasteiger partial charge in [-0.25, -0.2) is 0 Å². The summed E-state index contributed by atoms with van der Waals surface area (Å²) < 4.78 is 0. The van der Waals surface area contributed by atoms with Gasteiger partial charge in [0.15, 0.2) is 0 Å². The number of carbonyl (C=O) groups excluding carboxylic acids is 1. The summed E-state index contributed by atoms with van der Waals surface area (Å²) in [6.07, 6.45) is 1.31. The number of nitrogens with one attached hydrogen (secondary N) is 1. The van der Waals surface area contributed by atoms with Crippen LogP contribution >= 0.6 is 11.8 Å². The monoisotopic (exact) mass is 235 g/mol. The van der Waals surface area contributed by atoms with Gasteiger partial charge in [-0.1, -0.05) is 13.3 Å². The molecule has 0 aromatic rings. The molecule has 15 heavy (non-hydrogen) atoms. The zero-order chi connectivity index (χ0) is 11.7. The Hall–Kier alpha value is -0.260. The lowest BCUT2D eigenvalue weighted by Gasteiger charge is -2.12. The van der Waals surface area contributed by atoms with E-state index in [1.807, 2.05) is 6.92 Å². The van der Waals surface area contributed by atoms with E-state index in [1.165, 1.54) is 11.8 Å². The van der Waals surface area contributed by atoms with Gasteiger partial charge in [0.1, 0.15) is 0 Å². The highest BCUT2D eigenvalue weighted by atomic mass is 32.2. The van der Waals surface area contributed by atoms with Crippen LogP contribution in [0, 0.1) is 0 Å². The molecule has 2 atom stereocenters. The lowest BCUT2D eigenvalue weighted by atomic mass is 10.2. The van der Waals surface area contributed by atoms with E-state index in [1.54, 1.807) is 0 Å². The molecule has 0 aliphatic carbocycles. The van der Waals surface area contributed by atoms with Crippen molar-refractivity contribution >= 4 is 17.7 Å². The number of amides is 1. The molecule has 0 heterocycles. The molecule has 0 saturated carbocycles. The number of carbonyl (C=O) groups is 1. The first-order valence-corrected chi connectivity index (χ1v) is 6.41. The van der Waals surface area contributed by atoms with Crippen LogP contribution in [-0.2, 0) is 4.79 Å². The second-order valence-electron chi connectivity index (χ2n) is 3.61. The second-order valence-corrected chi connectivity index (χ2v) is 4.64. The summed E-state index contributed by atoms with van der Waals surface area (Å²) in [5, 5.41) is 20.5. The van der Waals surface area contributed by atoms with E-state index in [-0.39, 0.29) is 18.6 Å². The van der Waals surface area contributed by atoms with Crippen molar-refractivity contribution < 1.29 is 15.0 Å². The molecule has 90 valence electrons. The first-order valence-electron chi connectivity index (χ1n) is 5.26. The van der Waals surface area contributed by atoms with Crippen LogP contribution in [0.3, 0.4) is 0 Å². The Labute approximate surface area is 95.4 Å². The summed E-state index contributed by atoms with van der Waals surface area (Å²) in [7, 11) is 0. The highest BCUT2D eigenvalue weighted by Crippen LogP contribution is 2.03. The molecule has 0 bridgehead atoms. The zero-order valence-electron chi connectivity index (χ0n) is 9.40. The van der Waals surface area contributed by atoms with Crippen LogP contribution in [0.2, 0.25) is 0 Å². The van der Waals surface area contributed by atoms with Gasteiger partial charge < -0.3 is 15.5 Å². The average molecular weight is 235 g/mol. The van der Waals surface area contributed by atoms with Crippen LogP contribution in [0.5, 0.6) is 0 Å². The van der Waals surface area contributed by atoms with Crippen LogP contribution in [0.25, 0.3) is 0 Å². The molecule has 4 nitrogen and oxygen atoms in total. The lowest BCUT2D eigenvalue weighted by Crippen LogP contribution is -2.34. The third kappa shape index (κ3) is 8.72. The van der Waals surface area contributed by atoms with Crippen molar-refractivity contribution in [3.05, 3.63) is 0 Å². The number of hydrogen-bond acceptors (Lipinski definition) is 4. The fourth-order valence-corrected chi connectivity index (χ4v) is 1.93. The van der Waals surface area contributed by atoms with Gasteiger partial charge in [0.05, 0.1) is 18.5 Å². The Morgan fingerprint density at radius 1 is 1.53 bits per heavy atom. The highest BCUT2D eigenvalue weighted by molar-refractivity contribution is 7.99. The van der Waals surface area contributed by atoms with Crippen molar-refractivity contribution in [3.8, 4) is 0 Å². The molecule has 0 aromatic heterocycles. The molecule has 0 spiro atoms. The number of rotatable bonds is 8. The molecule has 0 aliphatic rings. The molecule has 0 aromatic carbocycles. The third-order valence-electron chi connectivity index (χ3n) is 1.88. The Balaban J connectivity index is 3.48. The molecule has 0 aliphatic heterocycles. The van der Waals surface area contributed by atoms with Gasteiger partial charge in [-0.2, -0.15) is 0 Å². The van der Waals surface area contributed by atoms with Crippen molar-refractivity contribution in [1.82, 2.24) is 5.32 Å². The molecule has 1 amide bonds. The van der Waals surface area contributed by atoms with Crippen molar-refractivity contribution in [2.75, 3.05) is 18.1 Å². The first kappa shape index (κ1) is 14.7. The number of aliphatic hydroxyl groups is 2. The topological polar surface area (TPSA) is 69.6 Å². The summed E-state index contributed by atoms with van der Waals surface area (Å²) in [6, 6.07) is 0.214. The first-order chi connectivity index (χ1) is 7.10. The van der Waals surface area contributed by atoms with Crippen molar-refractivity contribution in [1.29, 1.82) is 0 Å². The van der Waals surface area contributed by atoms with Gasteiger partial charge in [-0.05, 0) is 13.3 Å². The van der Waals surface area contributed by atoms with Gasteiger partial charge in [0, 0.05) is 11.8 Å². The molecule has 0 saturated heterocycles. The molecule has 0 radical (unpaired) electrons. The Morgan fingerprint density at radius 2 is 2.20 bits per heavy atom. The fraction of sp³-hybridized carbons (Fsp3) is 0.900. The molecular weight excluding hydrogens is 214 g/mol. The van der Waals surface area contributed by atoms with Crippen molar-refractivity contribution in [2.45, 2.75) is 38.8 Å². The maximum atomic E-state index is 11.3. The summed E-state index contributed by atoms with van der Waals surface area (Å²) >= 11 is 1.33. The molecule has 3 N–H and O–H groups in total. The van der Waals surface area contributed by atoms with E-state index in [9.17, 15) is 4.79 Å². The maximum absolute atomic E-state index is 11.3. The number of aliphatic hydroxyl groups excluding tert-OH is 2. The van der Waals surface area contributed by atoms with Crippen LogP contribution in [0.15, 0.2) is 0 Å². The average Bonchev–Trinajstić information content (AvgIpc) is 2.17. The Morgan fingerprint density at radius 3 is 2.73 bits per heavy atom. The van der Waals surface area contributed by atoms with E-state index in [2.05, 4.69) is 12.2 Å². The van der Waals surface area contributed by atoms with E-state index in [4.69, 9.17) is 10.2 Å². The van der Waals surface area contributed by atoms with Crippen LogP contribution in [-0.4, -0.2) is 46.4 Å². The van der Waals surface area contributed by atoms with Gasteiger partial charge in [-0.3, -0.25) is 4.79 Å². The summed E-state index contributed by atoms with van der Waals surface area (Å²) in [5.74, 6) is 0.725. The quantitative estimate of drug-likeness (QED) is 0.569. The molecule has 0 fully saturated rings. The number of thioether (sulfide) groups is 1. The van der Waals surface area contributed by atoms with Crippen LogP contribution < -0.4 is 5.32 Å². The van der Waals surface area contributed by atoms with E-state index < -0.39 is 6.10 Å². The van der Waals surface area contributed by atoms with Gasteiger partial charge in [0.2, 0.25) is 5.91 Å². The summed E-state index contributed by atoms with van der Waals surface area (Å²) in [5.41, 5.74) is 0. The van der Waals surface area contributed by atoms with E-state index >= 15 is 0 Å². The molecular formula is C10H21NO3S. The zero-order valence-corrected chi connectivity index (χ0v) is 10.2. The third-order valence-corrected chi connectivity index (χ3v) is 2.97. The lowest BCUT2D eigenvalue weighted by molar-refractivity contribution is -0.119. The maximum Gasteiger partial charge on any atom is 0.230 e. The Bertz CT molecular complexity index is 178. The summed E-state index contributed by atoms with van der Waals surface area (Å²) in [4.78, 5) is 11.3. The van der Waals surface area contributed by atoms with Gasteiger partial charge in [0.25, 0.3) is 0 Å². The standard InChI is InChI=1S/C10H21NO3S/c1-3-4-8(2)11-10(14)7-15-6-9(13)5-12/h8-9,12-13H,3-7H2,1-2H3,(H,11,14). The van der Waals surface area contributed by atoms with Gasteiger partial charge in [-0.15, -0.1) is 11.8 Å². The highest BCUT2D eigenvalue weighted by Gasteiger charge is 2.08. The largest absolute Gasteiger partial charge is 0.394 e. The van der Waals surface area contributed by atoms with E-state index in [0.29, 0.717) is 11.5 Å². The predicted molar refractivity (Wildman–Crippen MR) is 62.9 cm³/mol. The predicted octanol–water partition coefficient (Wildman–Crippen LogP) is 0.378. The molecule has 5 heteroatoms. The van der Waals surface area contributed by atoms with Crippen molar-refractivity contribution in [2.24, 2.45) is 0 Å². The molecule has 0 rings (SSSR count). The van der Waals surface area contributed by atoms with Crippen LogP contribution in [0.1, 0.15) is 26.7 Å². The van der Waals surface area contributed by atoms with Gasteiger partial charge >= 0.3 is 0 Å². The smallest absolute Gasteiger partial charge is 0.230 e. The molecule has 2 unspecified atom stereocenters. The Kier molecular flexibility index (Phi) is 8.85. The fourth-order valence-electron chi connectivity index (χ4n) is 1.16. The minimum atomic E-state index is -0.726. The van der Waals surface area contributed by atoms with Crippen LogP contribution in [0.4, 0.5) is 0 Å². The second kappa shape index (κ2) is 9.00. The normalized spacial score (nSPS) is 14.7.